The number of rotatable bonds is 4. The first-order valence-corrected chi connectivity index (χ1v) is 9.51. The number of anilines is 1. The molecule has 1 heterocycles. The molecule has 0 saturated heterocycles. The van der Waals surface area contributed by atoms with E-state index in [1.165, 1.54) is 6.07 Å². The third kappa shape index (κ3) is 2.88. The van der Waals surface area contributed by atoms with Gasteiger partial charge in [0, 0.05) is 10.4 Å². The Kier molecular flexibility index (Phi) is 4.44. The molecular formula is C20H19BrN2O3. The van der Waals surface area contributed by atoms with Crippen molar-refractivity contribution in [1.82, 2.24) is 0 Å². The van der Waals surface area contributed by atoms with Crippen molar-refractivity contribution in [2.24, 2.45) is 5.92 Å². The molecule has 0 fully saturated rings. The zero-order valence-corrected chi connectivity index (χ0v) is 15.9. The van der Waals surface area contributed by atoms with Gasteiger partial charge in [0.25, 0.3) is 5.69 Å². The Bertz CT molecular complexity index is 879. The summed E-state index contributed by atoms with van der Waals surface area (Å²) in [5, 5.41) is 15.2. The third-order valence-electron chi connectivity index (χ3n) is 5.16. The molecule has 2 aliphatic rings. The molecule has 134 valence electrons. The van der Waals surface area contributed by atoms with Crippen LogP contribution in [0.15, 0.2) is 53.0 Å². The highest BCUT2D eigenvalue weighted by atomic mass is 79.9. The third-order valence-corrected chi connectivity index (χ3v) is 5.69. The van der Waals surface area contributed by atoms with Gasteiger partial charge in [0.2, 0.25) is 0 Å². The summed E-state index contributed by atoms with van der Waals surface area (Å²) in [5.74, 6) is 1.04. The molecule has 5 nitrogen and oxygen atoms in total. The SMILES string of the molecule is CCOc1cc2c(c([N+](=O)[O-])c1)N[C@@H](c1ccc(Br)cc1)[C@@H]1CC=C[C@H]21. The lowest BCUT2D eigenvalue weighted by molar-refractivity contribution is -0.384. The van der Waals surface area contributed by atoms with Gasteiger partial charge in [0.1, 0.15) is 11.4 Å². The molecule has 0 spiro atoms. The van der Waals surface area contributed by atoms with Crippen molar-refractivity contribution >= 4 is 27.3 Å². The van der Waals surface area contributed by atoms with E-state index in [9.17, 15) is 10.1 Å². The molecule has 26 heavy (non-hydrogen) atoms. The van der Waals surface area contributed by atoms with Crippen molar-refractivity contribution in [2.45, 2.75) is 25.3 Å². The van der Waals surface area contributed by atoms with Crippen LogP contribution in [0.5, 0.6) is 5.75 Å². The predicted octanol–water partition coefficient (Wildman–Crippen LogP) is 5.58. The van der Waals surface area contributed by atoms with Crippen molar-refractivity contribution in [3.8, 4) is 5.75 Å². The first kappa shape index (κ1) is 17.1. The standard InChI is InChI=1S/C20H19BrN2O3/c1-2-26-14-10-17-15-4-3-5-16(15)19(12-6-8-13(21)9-7-12)22-20(17)18(11-14)23(24)25/h3-4,6-11,15-16,19,22H,2,5H2,1H3/t15-,16+,19-/m0/s1. The number of nitro groups is 1. The number of ether oxygens (including phenoxy) is 1. The van der Waals surface area contributed by atoms with Gasteiger partial charge in [0.15, 0.2) is 0 Å². The van der Waals surface area contributed by atoms with Crippen molar-refractivity contribution in [1.29, 1.82) is 0 Å². The fraction of sp³-hybridized carbons (Fsp3) is 0.300. The van der Waals surface area contributed by atoms with Crippen LogP contribution in [0.4, 0.5) is 11.4 Å². The molecule has 0 amide bonds. The molecule has 1 aliphatic heterocycles. The number of benzene rings is 2. The molecule has 0 aromatic heterocycles. The fourth-order valence-electron chi connectivity index (χ4n) is 4.05. The van der Waals surface area contributed by atoms with E-state index in [0.717, 1.165) is 22.0 Å². The summed E-state index contributed by atoms with van der Waals surface area (Å²) in [6, 6.07) is 11.7. The molecular weight excluding hydrogens is 396 g/mol. The highest BCUT2D eigenvalue weighted by molar-refractivity contribution is 9.10. The van der Waals surface area contributed by atoms with Gasteiger partial charge < -0.3 is 10.1 Å². The number of fused-ring (bicyclic) bond motifs is 3. The molecule has 1 N–H and O–H groups in total. The number of hydrogen-bond acceptors (Lipinski definition) is 4. The maximum absolute atomic E-state index is 11.7. The smallest absolute Gasteiger partial charge is 0.296 e. The van der Waals surface area contributed by atoms with Gasteiger partial charge in [-0.2, -0.15) is 0 Å². The first-order chi connectivity index (χ1) is 12.6. The largest absolute Gasteiger partial charge is 0.494 e. The second kappa shape index (κ2) is 6.76. The van der Waals surface area contributed by atoms with Gasteiger partial charge in [-0.3, -0.25) is 10.1 Å². The van der Waals surface area contributed by atoms with Gasteiger partial charge >= 0.3 is 0 Å². The summed E-state index contributed by atoms with van der Waals surface area (Å²) >= 11 is 3.47. The van der Waals surface area contributed by atoms with E-state index in [1.54, 1.807) is 0 Å². The van der Waals surface area contributed by atoms with Crippen molar-refractivity contribution in [3.63, 3.8) is 0 Å². The van der Waals surface area contributed by atoms with Crippen molar-refractivity contribution in [2.75, 3.05) is 11.9 Å². The quantitative estimate of drug-likeness (QED) is 0.402. The molecule has 2 aromatic rings. The van der Waals surface area contributed by atoms with E-state index in [-0.39, 0.29) is 22.6 Å². The van der Waals surface area contributed by atoms with Crippen LogP contribution in [0.25, 0.3) is 0 Å². The molecule has 1 aliphatic carbocycles. The molecule has 2 aromatic carbocycles. The Labute approximate surface area is 160 Å². The normalized spacial score (nSPS) is 23.1. The monoisotopic (exact) mass is 414 g/mol. The predicted molar refractivity (Wildman–Crippen MR) is 105 cm³/mol. The number of nitrogens with zero attached hydrogens (tertiary/aromatic N) is 1. The van der Waals surface area contributed by atoms with Crippen LogP contribution in [-0.4, -0.2) is 11.5 Å². The van der Waals surface area contributed by atoms with Crippen molar-refractivity contribution < 1.29 is 9.66 Å². The van der Waals surface area contributed by atoms with Gasteiger partial charge in [-0.25, -0.2) is 0 Å². The number of nitro benzene ring substituents is 1. The maximum Gasteiger partial charge on any atom is 0.296 e. The van der Waals surface area contributed by atoms with E-state index in [0.29, 0.717) is 24.0 Å². The Morgan fingerprint density at radius 2 is 2.08 bits per heavy atom. The lowest BCUT2D eigenvalue weighted by Gasteiger charge is -2.37. The Morgan fingerprint density at radius 3 is 2.77 bits per heavy atom. The molecule has 0 saturated carbocycles. The Morgan fingerprint density at radius 1 is 1.31 bits per heavy atom. The molecule has 0 radical (unpaired) electrons. The molecule has 3 atom stereocenters. The second-order valence-corrected chi connectivity index (χ2v) is 7.54. The summed E-state index contributed by atoms with van der Waals surface area (Å²) in [7, 11) is 0. The van der Waals surface area contributed by atoms with Crippen LogP contribution in [0.1, 0.15) is 36.4 Å². The molecule has 6 heteroatoms. The van der Waals surface area contributed by atoms with Gasteiger partial charge in [-0.15, -0.1) is 0 Å². The second-order valence-electron chi connectivity index (χ2n) is 6.62. The zero-order valence-electron chi connectivity index (χ0n) is 14.3. The number of hydrogen-bond donors (Lipinski definition) is 1. The minimum Gasteiger partial charge on any atom is -0.494 e. The van der Waals surface area contributed by atoms with Crippen LogP contribution in [0.2, 0.25) is 0 Å². The van der Waals surface area contributed by atoms with Gasteiger partial charge in [0.05, 0.1) is 23.6 Å². The molecule has 4 rings (SSSR count). The van der Waals surface area contributed by atoms with E-state index >= 15 is 0 Å². The summed E-state index contributed by atoms with van der Waals surface area (Å²) in [6.45, 7) is 2.36. The summed E-state index contributed by atoms with van der Waals surface area (Å²) in [5.41, 5.74) is 2.78. The zero-order chi connectivity index (χ0) is 18.3. The van der Waals surface area contributed by atoms with Gasteiger partial charge in [-0.05, 0) is 48.6 Å². The lowest BCUT2D eigenvalue weighted by atomic mass is 9.76. The average molecular weight is 415 g/mol. The number of allylic oxidation sites excluding steroid dienone is 2. The van der Waals surface area contributed by atoms with E-state index in [1.807, 2.05) is 25.1 Å². The summed E-state index contributed by atoms with van der Waals surface area (Å²) < 4.78 is 6.59. The van der Waals surface area contributed by atoms with Gasteiger partial charge in [-0.1, -0.05) is 40.2 Å². The molecule has 0 bridgehead atoms. The van der Waals surface area contributed by atoms with E-state index in [4.69, 9.17) is 4.74 Å². The fourth-order valence-corrected chi connectivity index (χ4v) is 4.31. The van der Waals surface area contributed by atoms with Crippen LogP contribution < -0.4 is 10.1 Å². The maximum atomic E-state index is 11.7. The van der Waals surface area contributed by atoms with Crippen LogP contribution in [-0.2, 0) is 0 Å². The highest BCUT2D eigenvalue weighted by Gasteiger charge is 2.41. The summed E-state index contributed by atoms with van der Waals surface area (Å²) in [4.78, 5) is 11.4. The Balaban J connectivity index is 1.83. The Hall–Kier alpha value is -2.34. The number of halogens is 1. The lowest BCUT2D eigenvalue weighted by Crippen LogP contribution is -2.29. The van der Waals surface area contributed by atoms with Crippen LogP contribution >= 0.6 is 15.9 Å². The minimum atomic E-state index is -0.327. The van der Waals surface area contributed by atoms with Crippen LogP contribution in [0, 0.1) is 16.0 Å². The van der Waals surface area contributed by atoms with Crippen molar-refractivity contribution in [3.05, 3.63) is 74.3 Å². The molecule has 0 unspecified atom stereocenters. The topological polar surface area (TPSA) is 64.4 Å². The average Bonchev–Trinajstić information content (AvgIpc) is 3.11. The number of nitrogens with one attached hydrogen (secondary N) is 1. The first-order valence-electron chi connectivity index (χ1n) is 8.72. The summed E-state index contributed by atoms with van der Waals surface area (Å²) in [6.07, 6.45) is 5.30. The highest BCUT2D eigenvalue weighted by Crippen LogP contribution is 2.53. The van der Waals surface area contributed by atoms with E-state index in [2.05, 4.69) is 45.5 Å². The van der Waals surface area contributed by atoms with Crippen LogP contribution in [0.3, 0.4) is 0 Å². The minimum absolute atomic E-state index is 0.0345. The van der Waals surface area contributed by atoms with E-state index < -0.39 is 0 Å².